The first kappa shape index (κ1) is 38.8. The molecule has 3 aliphatic rings. The molecule has 0 radical (unpaired) electrons. The van der Waals surface area contributed by atoms with Crippen molar-refractivity contribution in [2.45, 2.75) is 106 Å². The zero-order valence-corrected chi connectivity index (χ0v) is 30.9. The Labute approximate surface area is 300 Å². The minimum Gasteiger partial charge on any atom is -0.455 e. The smallest absolute Gasteiger partial charge is 0.313 e. The summed E-state index contributed by atoms with van der Waals surface area (Å²) in [5.74, 6) is -2.96. The van der Waals surface area contributed by atoms with Gasteiger partial charge >= 0.3 is 5.97 Å². The van der Waals surface area contributed by atoms with Crippen molar-refractivity contribution in [3.8, 4) is 0 Å². The number of hydrogen-bond acceptors (Lipinski definition) is 7. The summed E-state index contributed by atoms with van der Waals surface area (Å²) in [5.41, 5.74) is -0.467. The number of nitrogens with zero attached hydrogens (tertiary/aromatic N) is 3. The summed E-state index contributed by atoms with van der Waals surface area (Å²) in [6.45, 7) is 12.8. The van der Waals surface area contributed by atoms with Crippen LogP contribution in [0.5, 0.6) is 0 Å². The highest BCUT2D eigenvalue weighted by atomic mass is 79.9. The molecule has 49 heavy (non-hydrogen) atoms. The van der Waals surface area contributed by atoms with E-state index in [0.29, 0.717) is 45.3 Å². The van der Waals surface area contributed by atoms with Gasteiger partial charge in [-0.3, -0.25) is 19.2 Å². The molecule has 3 saturated heterocycles. The zero-order chi connectivity index (χ0) is 35.7. The van der Waals surface area contributed by atoms with E-state index in [-0.39, 0.29) is 35.6 Å². The molecule has 1 aromatic rings. The molecule has 1 unspecified atom stereocenters. The molecule has 0 aromatic heterocycles. The van der Waals surface area contributed by atoms with Crippen LogP contribution >= 0.6 is 15.9 Å². The lowest BCUT2D eigenvalue weighted by molar-refractivity contribution is -0.164. The average Bonchev–Trinajstić information content (AvgIpc) is 3.70. The van der Waals surface area contributed by atoms with Crippen molar-refractivity contribution in [1.82, 2.24) is 14.7 Å². The minimum atomic E-state index is -1.20. The van der Waals surface area contributed by atoms with Gasteiger partial charge in [0.05, 0.1) is 24.0 Å². The van der Waals surface area contributed by atoms with Crippen LogP contribution < -0.4 is 0 Å². The number of hydrogen-bond donors (Lipinski definition) is 1. The number of aliphatic hydroxyl groups is 1. The van der Waals surface area contributed by atoms with E-state index in [1.807, 2.05) is 37.3 Å². The molecule has 1 N–H and O–H groups in total. The molecular weight excluding hydrogens is 690 g/mol. The lowest BCUT2D eigenvalue weighted by atomic mass is 9.70. The molecule has 11 heteroatoms. The second kappa shape index (κ2) is 17.8. The summed E-state index contributed by atoms with van der Waals surface area (Å²) in [6, 6.07) is 7.91. The van der Waals surface area contributed by atoms with Crippen molar-refractivity contribution < 1.29 is 33.8 Å². The molecule has 1 spiro atoms. The summed E-state index contributed by atoms with van der Waals surface area (Å²) in [4.78, 5) is 61.3. The highest BCUT2D eigenvalue weighted by molar-refractivity contribution is 9.09. The monoisotopic (exact) mass is 743 g/mol. The molecule has 4 rings (SSSR count). The number of esters is 1. The Balaban J connectivity index is 1.68. The first-order chi connectivity index (χ1) is 23.6. The lowest BCUT2D eigenvalue weighted by Crippen LogP contribution is -2.57. The molecule has 3 heterocycles. The van der Waals surface area contributed by atoms with E-state index in [1.165, 1.54) is 0 Å². The number of allylic oxidation sites excluding steroid dienone is 1. The van der Waals surface area contributed by atoms with Crippen LogP contribution in [0.3, 0.4) is 0 Å². The number of unbranched alkanes of at least 4 members (excludes halogenated alkanes) is 4. The molecule has 8 atom stereocenters. The summed E-state index contributed by atoms with van der Waals surface area (Å²) in [5, 5.41) is 9.25. The van der Waals surface area contributed by atoms with E-state index >= 15 is 0 Å². The summed E-state index contributed by atoms with van der Waals surface area (Å²) in [7, 11) is 1.70. The van der Waals surface area contributed by atoms with Crippen molar-refractivity contribution in [1.29, 1.82) is 0 Å². The Kier molecular flexibility index (Phi) is 14.1. The quantitative estimate of drug-likeness (QED) is 0.0845. The Morgan fingerprint density at radius 3 is 2.51 bits per heavy atom. The van der Waals surface area contributed by atoms with Crippen molar-refractivity contribution in [2.24, 2.45) is 11.8 Å². The summed E-state index contributed by atoms with van der Waals surface area (Å²) < 4.78 is 13.1. The molecule has 10 nitrogen and oxygen atoms in total. The first-order valence-corrected chi connectivity index (χ1v) is 18.7. The van der Waals surface area contributed by atoms with E-state index in [4.69, 9.17) is 9.47 Å². The number of halogens is 1. The number of fused-ring (bicyclic) bond motifs is 1. The predicted octanol–water partition coefficient (Wildman–Crippen LogP) is 5.20. The predicted molar refractivity (Wildman–Crippen MR) is 192 cm³/mol. The Morgan fingerprint density at radius 1 is 1.14 bits per heavy atom. The van der Waals surface area contributed by atoms with Crippen LogP contribution in [0.4, 0.5) is 0 Å². The highest BCUT2D eigenvalue weighted by Gasteiger charge is 2.77. The molecule has 3 aliphatic heterocycles. The topological polar surface area (TPSA) is 117 Å². The van der Waals surface area contributed by atoms with Crippen molar-refractivity contribution >= 4 is 39.6 Å². The standard InChI is InChI=1S/C38H54BrN3O7/c1-6-9-20-29(44)40(5)26(4)32(27-18-14-13-15-19-27)48-37(47)30-31-35(45)42(23-16-11-12-17-24-43)34(38(31)25-28(39)33(30)49-38)36(46)41(21-8-3)22-10-7-2/h6,8,13-15,18-19,26,28,30-34,43H,1,3,7,9-12,16-17,20-25H2,2,4-5H3/t26-,28?,30-,31+,32+,33-,34-,38+/m0/s1. The Hall–Kier alpha value is -3.02. The molecule has 1 aromatic carbocycles. The molecule has 0 saturated carbocycles. The van der Waals surface area contributed by atoms with Crippen molar-refractivity contribution in [2.75, 3.05) is 33.3 Å². The fraction of sp³-hybridized carbons (Fsp3) is 0.632. The molecule has 0 aliphatic carbocycles. The summed E-state index contributed by atoms with van der Waals surface area (Å²) in [6.07, 6.45) is 7.80. The van der Waals surface area contributed by atoms with E-state index < -0.39 is 47.7 Å². The van der Waals surface area contributed by atoms with E-state index in [9.17, 15) is 24.3 Å². The van der Waals surface area contributed by atoms with Crippen LogP contribution in [0.15, 0.2) is 55.6 Å². The third-order valence-electron chi connectivity index (χ3n) is 10.4. The Bertz CT molecular complexity index is 1330. The molecular formula is C38H54BrN3O7. The first-order valence-electron chi connectivity index (χ1n) is 17.8. The summed E-state index contributed by atoms with van der Waals surface area (Å²) >= 11 is 3.76. The second-order valence-corrected chi connectivity index (χ2v) is 14.8. The van der Waals surface area contributed by atoms with Gasteiger partial charge in [-0.1, -0.05) is 84.6 Å². The fourth-order valence-electron chi connectivity index (χ4n) is 7.76. The normalized spacial score (nSPS) is 26.6. The van der Waals surface area contributed by atoms with Crippen LogP contribution in [0.1, 0.15) is 83.3 Å². The number of rotatable bonds is 20. The number of ether oxygens (including phenoxy) is 2. The second-order valence-electron chi connectivity index (χ2n) is 13.6. The molecule has 3 amide bonds. The third-order valence-corrected chi connectivity index (χ3v) is 11.3. The van der Waals surface area contributed by atoms with Gasteiger partial charge in [-0.05, 0) is 44.6 Å². The van der Waals surface area contributed by atoms with Gasteiger partial charge in [-0.15, -0.1) is 13.2 Å². The van der Waals surface area contributed by atoms with Crippen LogP contribution in [-0.4, -0.2) is 105 Å². The van der Waals surface area contributed by atoms with Crippen molar-refractivity contribution in [3.05, 3.63) is 61.2 Å². The maximum Gasteiger partial charge on any atom is 0.313 e. The minimum absolute atomic E-state index is 0.0961. The number of benzene rings is 1. The number of amides is 3. The highest BCUT2D eigenvalue weighted by Crippen LogP contribution is 2.60. The van der Waals surface area contributed by atoms with Gasteiger partial charge in [0.25, 0.3) is 0 Å². The number of likely N-dealkylation sites (N-methyl/N-ethyl adjacent to an activating group) is 1. The Morgan fingerprint density at radius 2 is 1.86 bits per heavy atom. The van der Waals surface area contributed by atoms with Gasteiger partial charge in [0, 0.05) is 44.5 Å². The van der Waals surface area contributed by atoms with Crippen LogP contribution in [0, 0.1) is 11.8 Å². The van der Waals surface area contributed by atoms with Crippen LogP contribution in [-0.2, 0) is 28.7 Å². The largest absolute Gasteiger partial charge is 0.455 e. The number of likely N-dealkylation sites (tertiary alicyclic amines) is 1. The molecule has 2 bridgehead atoms. The van der Waals surface area contributed by atoms with Crippen LogP contribution in [0.25, 0.3) is 0 Å². The number of carbonyl (C=O) groups excluding carboxylic acids is 4. The fourth-order valence-corrected chi connectivity index (χ4v) is 8.70. The van der Waals surface area contributed by atoms with E-state index in [1.54, 1.807) is 33.9 Å². The van der Waals surface area contributed by atoms with Gasteiger partial charge in [-0.2, -0.15) is 0 Å². The lowest BCUT2D eigenvalue weighted by Gasteiger charge is -2.37. The average molecular weight is 745 g/mol. The molecule has 270 valence electrons. The zero-order valence-electron chi connectivity index (χ0n) is 29.3. The number of alkyl halides is 1. The van der Waals surface area contributed by atoms with Gasteiger partial charge in [0.1, 0.15) is 17.7 Å². The number of aliphatic hydroxyl groups excluding tert-OH is 1. The van der Waals surface area contributed by atoms with Gasteiger partial charge < -0.3 is 29.3 Å². The van der Waals surface area contributed by atoms with E-state index in [2.05, 4.69) is 36.0 Å². The number of carbonyl (C=O) groups is 4. The molecule has 3 fully saturated rings. The maximum absolute atomic E-state index is 14.5. The van der Waals surface area contributed by atoms with Gasteiger partial charge in [-0.25, -0.2) is 0 Å². The van der Waals surface area contributed by atoms with Gasteiger partial charge in [0.15, 0.2) is 0 Å². The maximum atomic E-state index is 14.5. The van der Waals surface area contributed by atoms with Crippen molar-refractivity contribution in [3.63, 3.8) is 0 Å². The van der Waals surface area contributed by atoms with Gasteiger partial charge in [0.2, 0.25) is 17.7 Å². The third kappa shape index (κ3) is 8.15. The SMILES string of the molecule is C=CCCC(=O)N(C)[C@@H](C)[C@@H](OC(=O)[C@@H]1[C@H]2O[C@@]3(CC2Br)[C@H](C(=O)N(CC=C)CCCC)N(CCCCCCO)C(=O)[C@@H]13)c1ccccc1. The van der Waals surface area contributed by atoms with E-state index in [0.717, 1.165) is 31.2 Å². The van der Waals surface area contributed by atoms with Crippen LogP contribution in [0.2, 0.25) is 0 Å².